The summed E-state index contributed by atoms with van der Waals surface area (Å²) in [6, 6.07) is 9.57. The predicted octanol–water partition coefficient (Wildman–Crippen LogP) is 3.00. The van der Waals surface area contributed by atoms with Gasteiger partial charge in [-0.15, -0.1) is 11.3 Å². The normalized spacial score (nSPS) is 10.8. The average Bonchev–Trinajstić information content (AvgIpc) is 2.91. The molecule has 2 rings (SSSR count). The summed E-state index contributed by atoms with van der Waals surface area (Å²) in [4.78, 5) is 17.8. The number of rotatable bonds is 6. The molecule has 110 valence electrons. The van der Waals surface area contributed by atoms with Crippen LogP contribution in [-0.2, 0) is 4.79 Å². The summed E-state index contributed by atoms with van der Waals surface area (Å²) in [5.74, 6) is 0.754. The molecular weight excluding hydrogens is 284 g/mol. The number of benzene rings is 1. The van der Waals surface area contributed by atoms with Crippen molar-refractivity contribution in [3.05, 3.63) is 52.5 Å². The third-order valence-electron chi connectivity index (χ3n) is 2.85. The van der Waals surface area contributed by atoms with Gasteiger partial charge in [0.05, 0.1) is 17.2 Å². The molecule has 1 heterocycles. The van der Waals surface area contributed by atoms with Crippen LogP contribution in [0.5, 0.6) is 5.75 Å². The largest absolute Gasteiger partial charge is 0.492 e. The van der Waals surface area contributed by atoms with Crippen molar-refractivity contribution in [3.8, 4) is 5.75 Å². The van der Waals surface area contributed by atoms with Crippen LogP contribution in [0.2, 0.25) is 0 Å². The van der Waals surface area contributed by atoms with Crippen LogP contribution < -0.4 is 4.74 Å². The van der Waals surface area contributed by atoms with Gasteiger partial charge in [-0.1, -0.05) is 18.2 Å². The van der Waals surface area contributed by atoms with Gasteiger partial charge < -0.3 is 9.64 Å². The first kappa shape index (κ1) is 15.3. The summed E-state index contributed by atoms with van der Waals surface area (Å²) in [5.41, 5.74) is 0.819. The number of nitrogens with zero attached hydrogens (tertiary/aromatic N) is 2. The highest BCUT2D eigenvalue weighted by Crippen LogP contribution is 2.10. The summed E-state index contributed by atoms with van der Waals surface area (Å²) in [5, 5.41) is 2.92. The summed E-state index contributed by atoms with van der Waals surface area (Å²) in [6.45, 7) is 2.95. The van der Waals surface area contributed by atoms with E-state index in [9.17, 15) is 4.79 Å². The van der Waals surface area contributed by atoms with E-state index < -0.39 is 0 Å². The molecular formula is C16H18N2O2S. The predicted molar refractivity (Wildman–Crippen MR) is 85.5 cm³/mol. The molecule has 0 saturated heterocycles. The molecule has 0 aliphatic carbocycles. The van der Waals surface area contributed by atoms with E-state index in [1.807, 2.05) is 42.6 Å². The van der Waals surface area contributed by atoms with E-state index in [1.165, 1.54) is 6.08 Å². The molecule has 0 fully saturated rings. The topological polar surface area (TPSA) is 42.4 Å². The second-order valence-electron chi connectivity index (χ2n) is 4.55. The number of hydrogen-bond donors (Lipinski definition) is 0. The van der Waals surface area contributed by atoms with Crippen molar-refractivity contribution in [1.29, 1.82) is 0 Å². The molecule has 21 heavy (non-hydrogen) atoms. The van der Waals surface area contributed by atoms with E-state index in [-0.39, 0.29) is 5.91 Å². The Balaban J connectivity index is 1.76. The van der Waals surface area contributed by atoms with E-state index in [0.29, 0.717) is 13.2 Å². The molecule has 0 saturated carbocycles. The molecule has 4 nitrogen and oxygen atoms in total. The summed E-state index contributed by atoms with van der Waals surface area (Å²) in [6.07, 6.45) is 3.28. The number of amides is 1. The van der Waals surface area contributed by atoms with Gasteiger partial charge >= 0.3 is 0 Å². The van der Waals surface area contributed by atoms with Crippen LogP contribution in [0.1, 0.15) is 10.7 Å². The molecule has 2 aromatic rings. The molecule has 1 aromatic heterocycles. The van der Waals surface area contributed by atoms with Gasteiger partial charge in [0.15, 0.2) is 0 Å². The molecule has 0 unspecified atom stereocenters. The van der Waals surface area contributed by atoms with E-state index in [0.717, 1.165) is 16.5 Å². The number of hydrogen-bond acceptors (Lipinski definition) is 4. The van der Waals surface area contributed by atoms with Gasteiger partial charge in [-0.05, 0) is 25.1 Å². The van der Waals surface area contributed by atoms with Crippen molar-refractivity contribution in [1.82, 2.24) is 9.88 Å². The number of likely N-dealkylation sites (N-methyl/N-ethyl adjacent to an activating group) is 1. The lowest BCUT2D eigenvalue weighted by Crippen LogP contribution is -2.29. The van der Waals surface area contributed by atoms with E-state index in [2.05, 4.69) is 4.98 Å². The number of ether oxygens (including phenoxy) is 1. The highest BCUT2D eigenvalue weighted by molar-refractivity contribution is 7.09. The number of carbonyl (C=O) groups is 1. The van der Waals surface area contributed by atoms with Crippen LogP contribution >= 0.6 is 11.3 Å². The first-order chi connectivity index (χ1) is 10.1. The third kappa shape index (κ3) is 5.04. The fraction of sp³-hybridized carbons (Fsp3) is 0.250. The smallest absolute Gasteiger partial charge is 0.246 e. The molecule has 0 aliphatic rings. The molecule has 1 aromatic carbocycles. The Labute approximate surface area is 128 Å². The Morgan fingerprint density at radius 3 is 2.81 bits per heavy atom. The maximum atomic E-state index is 11.9. The number of aromatic nitrogens is 1. The minimum Gasteiger partial charge on any atom is -0.492 e. The van der Waals surface area contributed by atoms with Crippen LogP contribution in [0.25, 0.3) is 6.08 Å². The van der Waals surface area contributed by atoms with Crippen molar-refractivity contribution in [2.75, 3.05) is 20.2 Å². The van der Waals surface area contributed by atoms with Crippen molar-refractivity contribution >= 4 is 23.3 Å². The molecule has 1 amide bonds. The van der Waals surface area contributed by atoms with E-state index in [4.69, 9.17) is 4.74 Å². The fourth-order valence-corrected chi connectivity index (χ4v) is 2.25. The first-order valence-electron chi connectivity index (χ1n) is 6.68. The van der Waals surface area contributed by atoms with Crippen molar-refractivity contribution in [2.24, 2.45) is 0 Å². The zero-order valence-electron chi connectivity index (χ0n) is 12.2. The zero-order chi connectivity index (χ0) is 15.1. The van der Waals surface area contributed by atoms with Gasteiger partial charge in [0.25, 0.3) is 0 Å². The molecule has 0 N–H and O–H groups in total. The summed E-state index contributed by atoms with van der Waals surface area (Å²) < 4.78 is 5.56. The van der Waals surface area contributed by atoms with Crippen LogP contribution in [0.4, 0.5) is 0 Å². The second kappa shape index (κ2) is 7.59. The van der Waals surface area contributed by atoms with E-state index in [1.54, 1.807) is 29.4 Å². The van der Waals surface area contributed by atoms with Gasteiger partial charge in [0, 0.05) is 18.5 Å². The van der Waals surface area contributed by atoms with Gasteiger partial charge in [0.1, 0.15) is 12.4 Å². The maximum absolute atomic E-state index is 11.9. The number of aryl methyl sites for hydroxylation is 1. The quantitative estimate of drug-likeness (QED) is 0.770. The average molecular weight is 302 g/mol. The van der Waals surface area contributed by atoms with Crippen molar-refractivity contribution in [2.45, 2.75) is 6.92 Å². The minimum absolute atomic E-state index is 0.0580. The lowest BCUT2D eigenvalue weighted by Gasteiger charge is -2.15. The minimum atomic E-state index is -0.0580. The first-order valence-corrected chi connectivity index (χ1v) is 7.56. The van der Waals surface area contributed by atoms with Crippen LogP contribution in [0.3, 0.4) is 0 Å². The lowest BCUT2D eigenvalue weighted by molar-refractivity contribution is -0.125. The second-order valence-corrected chi connectivity index (χ2v) is 5.61. The molecule has 0 atom stereocenters. The molecule has 0 spiro atoms. The third-order valence-corrected chi connectivity index (χ3v) is 3.64. The van der Waals surface area contributed by atoms with Gasteiger partial charge in [0.2, 0.25) is 5.91 Å². The fourth-order valence-electron chi connectivity index (χ4n) is 1.67. The maximum Gasteiger partial charge on any atom is 0.246 e. The Morgan fingerprint density at radius 2 is 2.14 bits per heavy atom. The van der Waals surface area contributed by atoms with Gasteiger partial charge in [-0.25, -0.2) is 4.98 Å². The number of thiazole rings is 1. The SMILES string of the molecule is Cc1nc(/C=C/C(=O)N(C)CCOc2ccccc2)cs1. The Morgan fingerprint density at radius 1 is 1.38 bits per heavy atom. The van der Waals surface area contributed by atoms with Crippen molar-refractivity contribution < 1.29 is 9.53 Å². The van der Waals surface area contributed by atoms with Crippen molar-refractivity contribution in [3.63, 3.8) is 0 Å². The van der Waals surface area contributed by atoms with Gasteiger partial charge in [-0.3, -0.25) is 4.79 Å². The summed E-state index contributed by atoms with van der Waals surface area (Å²) in [7, 11) is 1.76. The summed E-state index contributed by atoms with van der Waals surface area (Å²) >= 11 is 1.57. The number of para-hydroxylation sites is 1. The molecule has 0 bridgehead atoms. The Hall–Kier alpha value is -2.14. The van der Waals surface area contributed by atoms with E-state index >= 15 is 0 Å². The standard InChI is InChI=1S/C16H18N2O2S/c1-13-17-14(12-21-13)8-9-16(19)18(2)10-11-20-15-6-4-3-5-7-15/h3-9,12H,10-11H2,1-2H3/b9-8+. The lowest BCUT2D eigenvalue weighted by atomic mass is 10.3. The Kier molecular flexibility index (Phi) is 5.51. The monoisotopic (exact) mass is 302 g/mol. The van der Waals surface area contributed by atoms with Crippen LogP contribution in [0.15, 0.2) is 41.8 Å². The number of carbonyl (C=O) groups excluding carboxylic acids is 1. The zero-order valence-corrected chi connectivity index (χ0v) is 13.0. The Bertz CT molecular complexity index is 608. The van der Waals surface area contributed by atoms with Crippen LogP contribution in [-0.4, -0.2) is 36.0 Å². The molecule has 0 aliphatic heterocycles. The molecule has 0 radical (unpaired) electrons. The highest BCUT2D eigenvalue weighted by atomic mass is 32.1. The molecule has 5 heteroatoms. The van der Waals surface area contributed by atoms with Crippen LogP contribution in [0, 0.1) is 6.92 Å². The van der Waals surface area contributed by atoms with Gasteiger partial charge in [-0.2, -0.15) is 0 Å². The highest BCUT2D eigenvalue weighted by Gasteiger charge is 2.05.